The maximum atomic E-state index is 12.4. The first kappa shape index (κ1) is 19.5. The van der Waals surface area contributed by atoms with Crippen molar-refractivity contribution in [3.8, 4) is 5.75 Å². The molecule has 0 unspecified atom stereocenters. The Morgan fingerprint density at radius 2 is 1.73 bits per heavy atom. The Morgan fingerprint density at radius 3 is 2.35 bits per heavy atom. The van der Waals surface area contributed by atoms with Crippen LogP contribution in [0, 0.1) is 0 Å². The first-order valence-electron chi connectivity index (χ1n) is 7.60. The quantitative estimate of drug-likeness (QED) is 0.771. The summed E-state index contributed by atoms with van der Waals surface area (Å²) in [7, 11) is -0.832. The summed E-state index contributed by atoms with van der Waals surface area (Å²) in [5, 5.41) is 2.65. The van der Waals surface area contributed by atoms with Crippen LogP contribution in [0.15, 0.2) is 47.4 Å². The molecule has 7 nitrogen and oxygen atoms in total. The summed E-state index contributed by atoms with van der Waals surface area (Å²) >= 11 is 0. The lowest BCUT2D eigenvalue weighted by atomic mass is 10.1. The van der Waals surface area contributed by atoms with E-state index < -0.39 is 21.7 Å². The summed E-state index contributed by atoms with van der Waals surface area (Å²) in [5.41, 5.74) is 0.936. The molecule has 2 rings (SSSR count). The molecule has 0 aliphatic rings. The van der Waals surface area contributed by atoms with E-state index in [1.807, 2.05) is 0 Å². The van der Waals surface area contributed by atoms with E-state index in [0.29, 0.717) is 11.3 Å². The maximum Gasteiger partial charge on any atom is 0.341 e. The van der Waals surface area contributed by atoms with Crippen LogP contribution < -0.4 is 10.1 Å². The number of carbonyl (C=O) groups is 2. The highest BCUT2D eigenvalue weighted by Crippen LogP contribution is 2.21. The first-order valence-corrected chi connectivity index (χ1v) is 9.49. The Hall–Kier alpha value is -2.87. The van der Waals surface area contributed by atoms with Crippen molar-refractivity contribution in [3.05, 3.63) is 59.2 Å². The lowest BCUT2D eigenvalue weighted by Gasteiger charge is -2.11. The fraction of sp³-hybridized carbons (Fsp3) is 0.222. The van der Waals surface area contributed by atoms with Crippen molar-refractivity contribution in [2.75, 3.05) is 20.5 Å². The molecule has 1 amide bonds. The van der Waals surface area contributed by atoms with Gasteiger partial charge in [0.1, 0.15) is 11.3 Å². The van der Waals surface area contributed by atoms with Crippen molar-refractivity contribution in [2.45, 2.75) is 11.4 Å². The molecule has 0 bridgehead atoms. The molecule has 138 valence electrons. The molecule has 26 heavy (non-hydrogen) atoms. The van der Waals surface area contributed by atoms with Gasteiger partial charge in [0, 0.05) is 12.8 Å². The minimum absolute atomic E-state index is 0.0394. The van der Waals surface area contributed by atoms with Gasteiger partial charge in [-0.3, -0.25) is 4.79 Å². The van der Waals surface area contributed by atoms with Crippen LogP contribution in [0.5, 0.6) is 5.75 Å². The number of esters is 1. The van der Waals surface area contributed by atoms with Gasteiger partial charge in [0.25, 0.3) is 5.91 Å². The van der Waals surface area contributed by atoms with E-state index in [1.54, 1.807) is 30.3 Å². The molecule has 0 atom stereocenters. The highest BCUT2D eigenvalue weighted by atomic mass is 32.2. The van der Waals surface area contributed by atoms with E-state index in [0.717, 1.165) is 6.26 Å². The highest BCUT2D eigenvalue weighted by Gasteiger charge is 2.18. The van der Waals surface area contributed by atoms with Crippen molar-refractivity contribution in [2.24, 2.45) is 0 Å². The minimum atomic E-state index is -3.53. The lowest BCUT2D eigenvalue weighted by Crippen LogP contribution is -2.24. The highest BCUT2D eigenvalue weighted by molar-refractivity contribution is 7.90. The van der Waals surface area contributed by atoms with E-state index in [9.17, 15) is 18.0 Å². The van der Waals surface area contributed by atoms with Crippen molar-refractivity contribution in [1.29, 1.82) is 0 Å². The van der Waals surface area contributed by atoms with Crippen LogP contribution in [0.2, 0.25) is 0 Å². The maximum absolute atomic E-state index is 12.4. The Labute approximate surface area is 151 Å². The van der Waals surface area contributed by atoms with E-state index in [2.05, 4.69) is 5.32 Å². The van der Waals surface area contributed by atoms with Crippen LogP contribution in [0.4, 0.5) is 0 Å². The molecule has 0 radical (unpaired) electrons. The summed E-state index contributed by atoms with van der Waals surface area (Å²) in [5.74, 6) is -0.728. The summed E-state index contributed by atoms with van der Waals surface area (Å²) in [6.45, 7) is 0.102. The summed E-state index contributed by atoms with van der Waals surface area (Å²) < 4.78 is 33.4. The van der Waals surface area contributed by atoms with Crippen LogP contribution in [-0.2, 0) is 21.1 Å². The standard InChI is InChI=1S/C18H19NO6S/c1-24-15-9-8-12(10-14(15)18(21)25-2)11-19-17(20)13-6-4-5-7-16(13)26(3,22)23/h4-10H,11H2,1-3H3,(H,19,20). The Kier molecular flexibility index (Phi) is 5.99. The van der Waals surface area contributed by atoms with Crippen LogP contribution in [-0.4, -0.2) is 40.8 Å². The van der Waals surface area contributed by atoms with Gasteiger partial charge in [0.05, 0.1) is 24.7 Å². The molecule has 2 aromatic rings. The predicted molar refractivity (Wildman–Crippen MR) is 95.1 cm³/mol. The lowest BCUT2D eigenvalue weighted by molar-refractivity contribution is 0.0597. The molecular weight excluding hydrogens is 358 g/mol. The van der Waals surface area contributed by atoms with Gasteiger partial charge in [-0.2, -0.15) is 0 Å². The van der Waals surface area contributed by atoms with Crippen molar-refractivity contribution >= 4 is 21.7 Å². The number of ether oxygens (including phenoxy) is 2. The number of hydrogen-bond acceptors (Lipinski definition) is 6. The smallest absolute Gasteiger partial charge is 0.341 e. The van der Waals surface area contributed by atoms with Crippen LogP contribution in [0.3, 0.4) is 0 Å². The van der Waals surface area contributed by atoms with Gasteiger partial charge in [0.15, 0.2) is 9.84 Å². The Balaban J connectivity index is 2.22. The number of amides is 1. The van der Waals surface area contributed by atoms with Crippen molar-refractivity contribution < 1.29 is 27.5 Å². The Bertz CT molecular complexity index is 936. The molecule has 8 heteroatoms. The number of benzene rings is 2. The summed E-state index contributed by atoms with van der Waals surface area (Å²) in [6.07, 6.45) is 1.05. The van der Waals surface area contributed by atoms with E-state index >= 15 is 0 Å². The van der Waals surface area contributed by atoms with E-state index in [4.69, 9.17) is 9.47 Å². The SMILES string of the molecule is COC(=O)c1cc(CNC(=O)c2ccccc2S(C)(=O)=O)ccc1OC. The zero-order valence-corrected chi connectivity index (χ0v) is 15.4. The van der Waals surface area contributed by atoms with E-state index in [1.165, 1.54) is 26.4 Å². The van der Waals surface area contributed by atoms with Crippen molar-refractivity contribution in [1.82, 2.24) is 5.32 Å². The first-order chi connectivity index (χ1) is 12.3. The average Bonchev–Trinajstić information content (AvgIpc) is 2.64. The monoisotopic (exact) mass is 377 g/mol. The van der Waals surface area contributed by atoms with Gasteiger partial charge < -0.3 is 14.8 Å². The number of carbonyl (C=O) groups excluding carboxylic acids is 2. The molecule has 2 aromatic carbocycles. The molecule has 0 saturated carbocycles. The normalized spacial score (nSPS) is 10.9. The van der Waals surface area contributed by atoms with Gasteiger partial charge in [0.2, 0.25) is 0 Å². The molecule has 0 aliphatic carbocycles. The fourth-order valence-corrected chi connectivity index (χ4v) is 3.28. The van der Waals surface area contributed by atoms with Gasteiger partial charge in [-0.05, 0) is 29.8 Å². The molecule has 0 spiro atoms. The molecule has 0 saturated heterocycles. The van der Waals surface area contributed by atoms with Gasteiger partial charge in [-0.15, -0.1) is 0 Å². The van der Waals surface area contributed by atoms with Crippen molar-refractivity contribution in [3.63, 3.8) is 0 Å². The number of rotatable bonds is 6. The van der Waals surface area contributed by atoms with E-state index in [-0.39, 0.29) is 22.6 Å². The minimum Gasteiger partial charge on any atom is -0.496 e. The van der Waals surface area contributed by atoms with Crippen LogP contribution in [0.25, 0.3) is 0 Å². The molecule has 0 heterocycles. The third-order valence-electron chi connectivity index (χ3n) is 3.65. The average molecular weight is 377 g/mol. The molecular formula is C18H19NO6S. The third-order valence-corrected chi connectivity index (χ3v) is 4.81. The van der Waals surface area contributed by atoms with Gasteiger partial charge >= 0.3 is 5.97 Å². The molecule has 0 fully saturated rings. The zero-order chi connectivity index (χ0) is 19.3. The zero-order valence-electron chi connectivity index (χ0n) is 14.6. The molecule has 1 N–H and O–H groups in total. The number of nitrogens with one attached hydrogen (secondary N) is 1. The summed E-state index contributed by atoms with van der Waals surface area (Å²) in [4.78, 5) is 24.2. The molecule has 0 aliphatic heterocycles. The van der Waals surface area contributed by atoms with Crippen LogP contribution in [0.1, 0.15) is 26.3 Å². The number of sulfone groups is 1. The number of hydrogen-bond donors (Lipinski definition) is 1. The summed E-state index contributed by atoms with van der Waals surface area (Å²) in [6, 6.07) is 10.8. The second-order valence-electron chi connectivity index (χ2n) is 5.48. The largest absolute Gasteiger partial charge is 0.496 e. The fourth-order valence-electron chi connectivity index (χ4n) is 2.39. The third kappa shape index (κ3) is 4.40. The number of methoxy groups -OCH3 is 2. The van der Waals surface area contributed by atoms with Gasteiger partial charge in [-0.1, -0.05) is 18.2 Å². The second kappa shape index (κ2) is 8.01. The van der Waals surface area contributed by atoms with Gasteiger partial charge in [-0.25, -0.2) is 13.2 Å². The molecule has 0 aromatic heterocycles. The predicted octanol–water partition coefficient (Wildman–Crippen LogP) is 1.82. The Morgan fingerprint density at radius 1 is 1.04 bits per heavy atom. The second-order valence-corrected chi connectivity index (χ2v) is 7.46. The van der Waals surface area contributed by atoms with Crippen LogP contribution >= 0.6 is 0 Å². The topological polar surface area (TPSA) is 98.8 Å².